The predicted octanol–water partition coefficient (Wildman–Crippen LogP) is 4.23. The maximum atomic E-state index is 5.25. The zero-order valence-electron chi connectivity index (χ0n) is 11.5. The fraction of sp³-hybridized carbons (Fsp3) is 0.143. The molecule has 0 unspecified atom stereocenters. The average molecular weight is 384 g/mol. The van der Waals surface area contributed by atoms with Crippen molar-refractivity contribution in [1.82, 2.24) is 5.43 Å². The van der Waals surface area contributed by atoms with Gasteiger partial charge in [-0.15, -0.1) is 11.3 Å². The summed E-state index contributed by atoms with van der Waals surface area (Å²) in [5.74, 6) is 0.726. The topological polar surface area (TPSA) is 45.6 Å². The van der Waals surface area contributed by atoms with Crippen LogP contribution in [0.3, 0.4) is 0 Å². The van der Waals surface area contributed by atoms with E-state index in [-0.39, 0.29) is 0 Å². The van der Waals surface area contributed by atoms with Crippen LogP contribution in [0.2, 0.25) is 0 Å². The van der Waals surface area contributed by atoms with E-state index in [0.29, 0.717) is 5.11 Å². The number of benzene rings is 1. The Hall–Kier alpha value is -1.44. The van der Waals surface area contributed by atoms with Crippen molar-refractivity contribution >= 4 is 56.0 Å². The number of thiocarbonyl (C=S) groups is 1. The highest BCUT2D eigenvalue weighted by Gasteiger charge is 2.04. The van der Waals surface area contributed by atoms with Crippen LogP contribution in [0.1, 0.15) is 11.8 Å². The Labute approximate surface area is 141 Å². The van der Waals surface area contributed by atoms with Gasteiger partial charge in [0.05, 0.1) is 27.2 Å². The summed E-state index contributed by atoms with van der Waals surface area (Å²) in [6.45, 7) is 1.93. The Morgan fingerprint density at radius 1 is 1.29 bits per heavy atom. The normalized spacial score (nSPS) is 11.1. The molecule has 0 saturated heterocycles. The van der Waals surface area contributed by atoms with Gasteiger partial charge in [0.1, 0.15) is 5.75 Å². The molecule has 0 aliphatic rings. The molecule has 0 spiro atoms. The smallest absolute Gasteiger partial charge is 0.191 e. The van der Waals surface area contributed by atoms with Gasteiger partial charge in [-0.3, -0.25) is 5.43 Å². The number of para-hydroxylation sites is 2. The van der Waals surface area contributed by atoms with Crippen LogP contribution >= 0.6 is 39.5 Å². The molecule has 1 aromatic carbocycles. The van der Waals surface area contributed by atoms with Crippen LogP contribution in [-0.4, -0.2) is 17.9 Å². The number of hydrazone groups is 1. The van der Waals surface area contributed by atoms with E-state index in [1.807, 2.05) is 43.3 Å². The molecule has 0 aliphatic heterocycles. The Kier molecular flexibility index (Phi) is 5.72. The van der Waals surface area contributed by atoms with Gasteiger partial charge in [0, 0.05) is 0 Å². The van der Waals surface area contributed by atoms with Gasteiger partial charge in [0.25, 0.3) is 0 Å². The van der Waals surface area contributed by atoms with E-state index < -0.39 is 0 Å². The minimum atomic E-state index is 0.412. The van der Waals surface area contributed by atoms with Crippen molar-refractivity contribution in [2.75, 3.05) is 12.4 Å². The van der Waals surface area contributed by atoms with Crippen LogP contribution in [-0.2, 0) is 0 Å². The van der Waals surface area contributed by atoms with Crippen LogP contribution in [0.4, 0.5) is 5.69 Å². The molecular formula is C14H14BrN3OS2. The van der Waals surface area contributed by atoms with Crippen LogP contribution in [0.5, 0.6) is 5.75 Å². The van der Waals surface area contributed by atoms with E-state index in [9.17, 15) is 0 Å². The quantitative estimate of drug-likeness (QED) is 0.471. The summed E-state index contributed by atoms with van der Waals surface area (Å²) >= 11 is 10.3. The fourth-order valence-corrected chi connectivity index (χ4v) is 3.08. The predicted molar refractivity (Wildman–Crippen MR) is 96.6 cm³/mol. The lowest BCUT2D eigenvalue weighted by atomic mass is 10.3. The molecule has 0 fully saturated rings. The Bertz CT molecular complexity index is 670. The third-order valence-corrected chi connectivity index (χ3v) is 4.54. The van der Waals surface area contributed by atoms with Crippen molar-refractivity contribution < 1.29 is 4.74 Å². The van der Waals surface area contributed by atoms with Gasteiger partial charge in [-0.05, 0) is 59.3 Å². The lowest BCUT2D eigenvalue weighted by Gasteiger charge is -2.11. The number of nitrogens with zero attached hydrogens (tertiary/aromatic N) is 1. The highest BCUT2D eigenvalue weighted by Crippen LogP contribution is 2.23. The second kappa shape index (κ2) is 7.53. The van der Waals surface area contributed by atoms with Gasteiger partial charge in [0.15, 0.2) is 5.11 Å². The van der Waals surface area contributed by atoms with Gasteiger partial charge in [-0.1, -0.05) is 12.1 Å². The van der Waals surface area contributed by atoms with Gasteiger partial charge in [-0.25, -0.2) is 0 Å². The minimum absolute atomic E-state index is 0.412. The molecule has 2 rings (SSSR count). The molecule has 1 aromatic heterocycles. The SMILES string of the molecule is COc1ccccc1NC(=S)N/N=C(/C)c1ccc(Br)s1. The largest absolute Gasteiger partial charge is 0.495 e. The minimum Gasteiger partial charge on any atom is -0.495 e. The summed E-state index contributed by atoms with van der Waals surface area (Å²) < 4.78 is 6.33. The molecule has 1 heterocycles. The van der Waals surface area contributed by atoms with Crippen LogP contribution in [0, 0.1) is 0 Å². The zero-order valence-corrected chi connectivity index (χ0v) is 14.7. The summed E-state index contributed by atoms with van der Waals surface area (Å²) in [5, 5.41) is 7.74. The van der Waals surface area contributed by atoms with Crippen LogP contribution in [0.25, 0.3) is 0 Å². The highest BCUT2D eigenvalue weighted by molar-refractivity contribution is 9.11. The summed E-state index contributed by atoms with van der Waals surface area (Å²) in [6.07, 6.45) is 0. The first-order valence-corrected chi connectivity index (χ1v) is 8.12. The van der Waals surface area contributed by atoms with E-state index in [0.717, 1.165) is 25.8 Å². The lowest BCUT2D eigenvalue weighted by Crippen LogP contribution is -2.25. The number of halogens is 1. The molecule has 0 bridgehead atoms. The molecule has 0 radical (unpaired) electrons. The van der Waals surface area contributed by atoms with Crippen molar-refractivity contribution in [1.29, 1.82) is 0 Å². The molecule has 0 aliphatic carbocycles. The standard InChI is InChI=1S/C14H14BrN3OS2/c1-9(12-7-8-13(15)21-12)17-18-14(20)16-10-5-3-4-6-11(10)19-2/h3-8H,1-2H3,(H2,16,18,20)/b17-9-. The number of hydrogen-bond acceptors (Lipinski definition) is 4. The maximum Gasteiger partial charge on any atom is 0.191 e. The number of anilines is 1. The molecule has 0 atom stereocenters. The molecule has 110 valence electrons. The van der Waals surface area contributed by atoms with E-state index >= 15 is 0 Å². The number of ether oxygens (including phenoxy) is 1. The van der Waals surface area contributed by atoms with E-state index in [2.05, 4.69) is 31.8 Å². The second-order valence-electron chi connectivity index (χ2n) is 4.07. The van der Waals surface area contributed by atoms with Crippen LogP contribution < -0.4 is 15.5 Å². The number of methoxy groups -OCH3 is 1. The lowest BCUT2D eigenvalue weighted by molar-refractivity contribution is 0.417. The van der Waals surface area contributed by atoms with E-state index in [1.54, 1.807) is 18.4 Å². The first kappa shape index (κ1) is 15.9. The Morgan fingerprint density at radius 3 is 2.71 bits per heavy atom. The highest BCUT2D eigenvalue weighted by atomic mass is 79.9. The van der Waals surface area contributed by atoms with Crippen molar-refractivity contribution in [3.8, 4) is 5.75 Å². The number of nitrogens with one attached hydrogen (secondary N) is 2. The Balaban J connectivity index is 1.99. The Morgan fingerprint density at radius 2 is 2.05 bits per heavy atom. The van der Waals surface area contributed by atoms with Gasteiger partial charge in [0.2, 0.25) is 0 Å². The summed E-state index contributed by atoms with van der Waals surface area (Å²) in [7, 11) is 1.62. The van der Waals surface area contributed by atoms with Gasteiger partial charge in [-0.2, -0.15) is 5.10 Å². The first-order valence-electron chi connectivity index (χ1n) is 6.10. The summed E-state index contributed by atoms with van der Waals surface area (Å²) in [4.78, 5) is 1.08. The van der Waals surface area contributed by atoms with Crippen molar-refractivity contribution in [2.24, 2.45) is 5.10 Å². The molecule has 7 heteroatoms. The van der Waals surface area contributed by atoms with Crippen molar-refractivity contribution in [2.45, 2.75) is 6.92 Å². The first-order chi connectivity index (χ1) is 10.1. The molecule has 2 N–H and O–H groups in total. The van der Waals surface area contributed by atoms with E-state index in [1.165, 1.54) is 0 Å². The zero-order chi connectivity index (χ0) is 15.2. The maximum absolute atomic E-state index is 5.25. The van der Waals surface area contributed by atoms with E-state index in [4.69, 9.17) is 17.0 Å². The van der Waals surface area contributed by atoms with Gasteiger partial charge < -0.3 is 10.1 Å². The third kappa shape index (κ3) is 4.52. The van der Waals surface area contributed by atoms with Crippen molar-refractivity contribution in [3.05, 3.63) is 45.1 Å². The number of thiophene rings is 1. The molecular weight excluding hydrogens is 370 g/mol. The molecule has 2 aromatic rings. The monoisotopic (exact) mass is 383 g/mol. The number of hydrogen-bond donors (Lipinski definition) is 2. The molecule has 21 heavy (non-hydrogen) atoms. The molecule has 0 saturated carbocycles. The van der Waals surface area contributed by atoms with Crippen molar-refractivity contribution in [3.63, 3.8) is 0 Å². The summed E-state index contributed by atoms with van der Waals surface area (Å²) in [5.41, 5.74) is 4.50. The third-order valence-electron chi connectivity index (χ3n) is 2.61. The summed E-state index contributed by atoms with van der Waals surface area (Å²) in [6, 6.07) is 11.6. The fourth-order valence-electron chi connectivity index (χ4n) is 1.60. The van der Waals surface area contributed by atoms with Crippen LogP contribution in [0.15, 0.2) is 45.3 Å². The molecule has 0 amide bonds. The molecule has 4 nitrogen and oxygen atoms in total. The number of rotatable bonds is 4. The second-order valence-corrected chi connectivity index (χ2v) is 6.94. The van der Waals surface area contributed by atoms with Gasteiger partial charge >= 0.3 is 0 Å². The average Bonchev–Trinajstić information content (AvgIpc) is 2.92.